The number of rotatable bonds is 5. The van der Waals surface area contributed by atoms with Crippen LogP contribution in [-0.4, -0.2) is 17.2 Å². The molecule has 2 rings (SSSR count). The minimum Gasteiger partial charge on any atom is -0.313 e. The van der Waals surface area contributed by atoms with E-state index in [0.29, 0.717) is 0 Å². The third-order valence-electron chi connectivity index (χ3n) is 3.52. The van der Waals surface area contributed by atoms with Crippen molar-refractivity contribution in [1.82, 2.24) is 15.5 Å². The molecule has 112 valence electrons. The van der Waals surface area contributed by atoms with Crippen LogP contribution in [0.3, 0.4) is 0 Å². The normalized spacial score (nSPS) is 12.4. The molecule has 1 unspecified atom stereocenters. The maximum Gasteiger partial charge on any atom is 0.124 e. The summed E-state index contributed by atoms with van der Waals surface area (Å²) in [6.45, 7) is 4.01. The van der Waals surface area contributed by atoms with Gasteiger partial charge in [-0.3, -0.25) is 0 Å². The molecule has 1 aromatic carbocycles. The first-order valence-electron chi connectivity index (χ1n) is 6.99. The topological polar surface area (TPSA) is 37.8 Å². The smallest absolute Gasteiger partial charge is 0.124 e. The summed E-state index contributed by atoms with van der Waals surface area (Å²) in [4.78, 5) is 0. The molecule has 0 spiro atoms. The molecule has 5 heteroatoms. The van der Waals surface area contributed by atoms with Crippen molar-refractivity contribution in [3.63, 3.8) is 0 Å². The van der Waals surface area contributed by atoms with E-state index in [1.807, 2.05) is 20.0 Å². The van der Waals surface area contributed by atoms with Crippen LogP contribution in [-0.2, 0) is 12.8 Å². The fourth-order valence-electron chi connectivity index (χ4n) is 2.39. The molecule has 0 saturated carbocycles. The lowest BCUT2D eigenvalue weighted by atomic mass is 9.96. The van der Waals surface area contributed by atoms with Crippen LogP contribution in [0.2, 0.25) is 0 Å². The maximum absolute atomic E-state index is 13.2. The van der Waals surface area contributed by atoms with Crippen molar-refractivity contribution in [3.05, 3.63) is 57.1 Å². The largest absolute Gasteiger partial charge is 0.313 e. The Hall–Kier alpha value is -1.33. The first-order valence-corrected chi connectivity index (χ1v) is 7.78. The number of nitrogens with one attached hydrogen (secondary N) is 1. The summed E-state index contributed by atoms with van der Waals surface area (Å²) >= 11 is 3.43. The summed E-state index contributed by atoms with van der Waals surface area (Å²) in [5, 5.41) is 11.7. The zero-order valence-corrected chi connectivity index (χ0v) is 14.0. The van der Waals surface area contributed by atoms with Crippen molar-refractivity contribution >= 4 is 15.9 Å². The van der Waals surface area contributed by atoms with Gasteiger partial charge in [0.2, 0.25) is 0 Å². The molecule has 0 aliphatic rings. The highest BCUT2D eigenvalue weighted by Crippen LogP contribution is 2.26. The van der Waals surface area contributed by atoms with Crippen molar-refractivity contribution in [2.24, 2.45) is 0 Å². The molecule has 1 N–H and O–H groups in total. The van der Waals surface area contributed by atoms with Crippen molar-refractivity contribution in [1.29, 1.82) is 0 Å². The van der Waals surface area contributed by atoms with Gasteiger partial charge in [-0.1, -0.05) is 28.9 Å². The van der Waals surface area contributed by atoms with Crippen LogP contribution in [0.4, 0.5) is 4.39 Å². The molecule has 0 aliphatic carbocycles. The molecular formula is C16H19BrFN3. The first kappa shape index (κ1) is 16.0. The molecule has 0 radical (unpaired) electrons. The van der Waals surface area contributed by atoms with Crippen molar-refractivity contribution < 1.29 is 4.39 Å². The number of hydrogen-bond donors (Lipinski definition) is 1. The van der Waals surface area contributed by atoms with Crippen LogP contribution in [0.15, 0.2) is 28.7 Å². The average Bonchev–Trinajstić information content (AvgIpc) is 2.46. The summed E-state index contributed by atoms with van der Waals surface area (Å²) in [6, 6.07) is 7.00. The van der Waals surface area contributed by atoms with Crippen molar-refractivity contribution in [3.8, 4) is 0 Å². The quantitative estimate of drug-likeness (QED) is 0.891. The van der Waals surface area contributed by atoms with Gasteiger partial charge in [-0.25, -0.2) is 4.39 Å². The number of hydrogen-bond acceptors (Lipinski definition) is 3. The van der Waals surface area contributed by atoms with Gasteiger partial charge in [0, 0.05) is 10.5 Å². The Morgan fingerprint density at radius 2 is 2.05 bits per heavy atom. The Labute approximate surface area is 133 Å². The maximum atomic E-state index is 13.2. The Balaban J connectivity index is 2.34. The fraction of sp³-hybridized carbons (Fsp3) is 0.375. The number of aromatic nitrogens is 2. The van der Waals surface area contributed by atoms with Crippen LogP contribution in [0, 0.1) is 12.7 Å². The highest BCUT2D eigenvalue weighted by molar-refractivity contribution is 9.10. The molecule has 1 heterocycles. The SMILES string of the molecule is CCc1nnc(C)cc1C(Cc1ccc(F)cc1Br)NC. The molecule has 0 amide bonds. The zero-order chi connectivity index (χ0) is 15.4. The minimum atomic E-state index is -0.234. The third-order valence-corrected chi connectivity index (χ3v) is 4.26. The Kier molecular flexibility index (Phi) is 5.42. The van der Waals surface area contributed by atoms with Crippen LogP contribution in [0.1, 0.15) is 35.5 Å². The Morgan fingerprint density at radius 3 is 2.67 bits per heavy atom. The molecule has 1 atom stereocenters. The molecule has 0 aliphatic heterocycles. The summed E-state index contributed by atoms with van der Waals surface area (Å²) in [7, 11) is 1.93. The number of nitrogens with zero attached hydrogens (tertiary/aromatic N) is 2. The van der Waals surface area contributed by atoms with E-state index in [4.69, 9.17) is 0 Å². The molecule has 0 bridgehead atoms. The van der Waals surface area contributed by atoms with Gasteiger partial charge >= 0.3 is 0 Å². The van der Waals surface area contributed by atoms with E-state index in [-0.39, 0.29) is 11.9 Å². The van der Waals surface area contributed by atoms with Crippen molar-refractivity contribution in [2.75, 3.05) is 7.05 Å². The van der Waals surface area contributed by atoms with Gasteiger partial charge in [-0.2, -0.15) is 10.2 Å². The van der Waals surface area contributed by atoms with E-state index in [2.05, 4.69) is 44.4 Å². The summed E-state index contributed by atoms with van der Waals surface area (Å²) in [5.41, 5.74) is 4.12. The Bertz CT molecular complexity index is 631. The van der Waals surface area contributed by atoms with E-state index in [1.165, 1.54) is 12.1 Å². The van der Waals surface area contributed by atoms with E-state index < -0.39 is 0 Å². The van der Waals surface area contributed by atoms with E-state index in [9.17, 15) is 4.39 Å². The summed E-state index contributed by atoms with van der Waals surface area (Å²) in [5.74, 6) is -0.234. The Morgan fingerprint density at radius 1 is 1.29 bits per heavy atom. The van der Waals surface area contributed by atoms with Crippen LogP contribution in [0.5, 0.6) is 0 Å². The molecule has 21 heavy (non-hydrogen) atoms. The number of benzene rings is 1. The van der Waals surface area contributed by atoms with E-state index in [0.717, 1.165) is 39.8 Å². The second-order valence-corrected chi connectivity index (χ2v) is 5.88. The number of likely N-dealkylation sites (N-methyl/N-ethyl adjacent to an activating group) is 1. The summed E-state index contributed by atoms with van der Waals surface area (Å²) in [6.07, 6.45) is 1.60. The molecule has 3 nitrogen and oxygen atoms in total. The molecule has 1 aromatic heterocycles. The van der Waals surface area contributed by atoms with Gasteiger partial charge in [-0.05, 0) is 56.1 Å². The van der Waals surface area contributed by atoms with Gasteiger partial charge in [0.1, 0.15) is 5.82 Å². The lowest BCUT2D eigenvalue weighted by molar-refractivity contribution is 0.575. The number of aryl methyl sites for hydroxylation is 2. The fourth-order valence-corrected chi connectivity index (χ4v) is 2.90. The van der Waals surface area contributed by atoms with Crippen LogP contribution >= 0.6 is 15.9 Å². The number of halogens is 2. The van der Waals surface area contributed by atoms with Gasteiger partial charge in [0.15, 0.2) is 0 Å². The molecule has 0 fully saturated rings. The van der Waals surface area contributed by atoms with E-state index in [1.54, 1.807) is 0 Å². The monoisotopic (exact) mass is 351 g/mol. The second-order valence-electron chi connectivity index (χ2n) is 5.02. The predicted molar refractivity (Wildman–Crippen MR) is 85.8 cm³/mol. The minimum absolute atomic E-state index is 0.121. The van der Waals surface area contributed by atoms with Crippen LogP contribution in [0.25, 0.3) is 0 Å². The van der Waals surface area contributed by atoms with Gasteiger partial charge < -0.3 is 5.32 Å². The average molecular weight is 352 g/mol. The molecule has 0 saturated heterocycles. The van der Waals surface area contributed by atoms with Crippen LogP contribution < -0.4 is 5.32 Å². The van der Waals surface area contributed by atoms with Gasteiger partial charge in [0.05, 0.1) is 11.4 Å². The first-order chi connectivity index (χ1) is 10.0. The van der Waals surface area contributed by atoms with E-state index >= 15 is 0 Å². The van der Waals surface area contributed by atoms with Gasteiger partial charge in [-0.15, -0.1) is 0 Å². The third kappa shape index (κ3) is 3.86. The highest BCUT2D eigenvalue weighted by atomic mass is 79.9. The molecule has 2 aromatic rings. The second kappa shape index (κ2) is 7.09. The van der Waals surface area contributed by atoms with Crippen molar-refractivity contribution in [2.45, 2.75) is 32.7 Å². The predicted octanol–water partition coefficient (Wildman–Crippen LogP) is 3.75. The molecular weight excluding hydrogens is 333 g/mol. The highest BCUT2D eigenvalue weighted by Gasteiger charge is 2.17. The van der Waals surface area contributed by atoms with Gasteiger partial charge in [0.25, 0.3) is 0 Å². The zero-order valence-electron chi connectivity index (χ0n) is 12.5. The lowest BCUT2D eigenvalue weighted by Gasteiger charge is -2.20. The standard InChI is InChI=1S/C16H19BrFN3/c1-4-15-13(7-10(2)20-21-15)16(19-3)8-11-5-6-12(18)9-14(11)17/h5-7,9,16,19H,4,8H2,1-3H3. The lowest BCUT2D eigenvalue weighted by Crippen LogP contribution is -2.21. The summed E-state index contributed by atoms with van der Waals surface area (Å²) < 4.78 is 14.0.